The highest BCUT2D eigenvalue weighted by atomic mass is 16.5. The summed E-state index contributed by atoms with van der Waals surface area (Å²) in [5.41, 5.74) is 8.72. The molecule has 2 aliphatic carbocycles. The molecule has 2 aliphatic heterocycles. The molecule has 3 amide bonds. The highest BCUT2D eigenvalue weighted by molar-refractivity contribution is 6.01. The van der Waals surface area contributed by atoms with Crippen LogP contribution in [0, 0.1) is 29.6 Å². The zero-order valence-corrected chi connectivity index (χ0v) is 37.8. The number of benzene rings is 2. The van der Waals surface area contributed by atoms with Crippen molar-refractivity contribution in [3.8, 4) is 0 Å². The molecular formula is C50H67N5O8. The molecule has 0 radical (unpaired) electrons. The van der Waals surface area contributed by atoms with E-state index in [4.69, 9.17) is 14.2 Å². The van der Waals surface area contributed by atoms with Gasteiger partial charge < -0.3 is 43.6 Å². The first-order valence-electron chi connectivity index (χ1n) is 23.6. The van der Waals surface area contributed by atoms with Gasteiger partial charge in [-0.25, -0.2) is 0 Å². The van der Waals surface area contributed by atoms with Gasteiger partial charge in [-0.1, -0.05) is 0 Å². The number of likely N-dealkylation sites (N-methyl/N-ethyl adjacent to an activating group) is 2. The maximum atomic E-state index is 13.9. The van der Waals surface area contributed by atoms with Crippen LogP contribution >= 0.6 is 0 Å². The van der Waals surface area contributed by atoms with Crippen LogP contribution in [0.4, 0.5) is 0 Å². The van der Waals surface area contributed by atoms with Crippen molar-refractivity contribution >= 4 is 45.5 Å². The molecule has 0 spiro atoms. The summed E-state index contributed by atoms with van der Waals surface area (Å²) in [6.45, 7) is 8.71. The molecule has 63 heavy (non-hydrogen) atoms. The second-order valence-electron chi connectivity index (χ2n) is 18.5. The molecule has 13 nitrogen and oxygen atoms in total. The Morgan fingerprint density at radius 3 is 1.89 bits per heavy atom. The first-order chi connectivity index (χ1) is 30.6. The summed E-state index contributed by atoms with van der Waals surface area (Å²) in [5, 5.41) is 14.6. The van der Waals surface area contributed by atoms with Crippen molar-refractivity contribution in [1.29, 1.82) is 0 Å². The standard InChI is InChI=1S/C50H67N5O8/c1-5-54(49(59)36-8-11-44-40(26-36)39-25-34(7-10-43(39)52(44)3)32-13-19-61-20-14-32)30-47(56)51-18-24-63-23-17-35-28-46-42(29-38(35)33-15-21-62-22-16-33)41-27-37(9-12-45(41)53(46)4)50(60)55(6-2)31-48(57)58/h8-9,11-12,26-27,32-35,38H,5-7,10,13-25,28-31H2,1-4H3,(H,51,56)(H,57,58). The predicted molar refractivity (Wildman–Crippen MR) is 242 cm³/mol. The number of carbonyl (C=O) groups is 4. The molecule has 3 unspecified atom stereocenters. The van der Waals surface area contributed by atoms with E-state index >= 15 is 0 Å². The second-order valence-corrected chi connectivity index (χ2v) is 18.5. The van der Waals surface area contributed by atoms with Gasteiger partial charge in [-0.15, -0.1) is 0 Å². The fourth-order valence-electron chi connectivity index (χ4n) is 11.5. The Hall–Kier alpha value is -4.72. The minimum absolute atomic E-state index is 0.0108. The van der Waals surface area contributed by atoms with Gasteiger partial charge in [0.25, 0.3) is 11.8 Å². The highest BCUT2D eigenvalue weighted by Gasteiger charge is 2.38. The molecule has 13 heteroatoms. The molecule has 2 N–H and O–H groups in total. The average molecular weight is 866 g/mol. The molecule has 340 valence electrons. The lowest BCUT2D eigenvalue weighted by molar-refractivity contribution is -0.137. The number of carboxylic acids is 1. The van der Waals surface area contributed by atoms with Crippen LogP contribution in [0.3, 0.4) is 0 Å². The van der Waals surface area contributed by atoms with E-state index in [1.54, 1.807) is 11.8 Å². The monoisotopic (exact) mass is 865 g/mol. The highest BCUT2D eigenvalue weighted by Crippen LogP contribution is 2.44. The third-order valence-electron chi connectivity index (χ3n) is 15.1. The number of carboxylic acid groups (broad SMARTS) is 1. The van der Waals surface area contributed by atoms with Crippen molar-refractivity contribution in [3.63, 3.8) is 0 Å². The van der Waals surface area contributed by atoms with E-state index in [0.29, 0.717) is 73.6 Å². The number of hydrogen-bond donors (Lipinski definition) is 2. The van der Waals surface area contributed by atoms with Gasteiger partial charge in [0.1, 0.15) is 6.54 Å². The van der Waals surface area contributed by atoms with Crippen LogP contribution in [0.5, 0.6) is 0 Å². The van der Waals surface area contributed by atoms with Crippen molar-refractivity contribution in [3.05, 3.63) is 70.0 Å². The van der Waals surface area contributed by atoms with Gasteiger partial charge in [-0.05, 0) is 155 Å². The van der Waals surface area contributed by atoms with Crippen LogP contribution in [0.25, 0.3) is 21.8 Å². The minimum atomic E-state index is -1.02. The van der Waals surface area contributed by atoms with E-state index in [9.17, 15) is 24.3 Å². The quantitative estimate of drug-likeness (QED) is 0.127. The molecule has 0 saturated carbocycles. The zero-order valence-electron chi connectivity index (χ0n) is 37.8. The van der Waals surface area contributed by atoms with E-state index in [1.807, 2.05) is 31.2 Å². The molecule has 4 heterocycles. The SMILES string of the molecule is CCN(CC(=O)O)C(=O)c1ccc2c(c1)c1c(n2C)CC(CCOCCNC(=O)CN(CC)C(=O)c2ccc3c(c2)c2c(n3C)CCC(C3CCOCC3)C2)C(C2CCOCC2)C1. The number of hydrogen-bond acceptors (Lipinski definition) is 7. The Morgan fingerprint density at radius 2 is 1.29 bits per heavy atom. The normalized spacial score (nSPS) is 20.7. The first-order valence-corrected chi connectivity index (χ1v) is 23.6. The summed E-state index contributed by atoms with van der Waals surface area (Å²) < 4.78 is 22.2. The lowest BCUT2D eigenvalue weighted by Crippen LogP contribution is -2.41. The first kappa shape index (κ1) is 44.9. The molecule has 4 aliphatic rings. The maximum Gasteiger partial charge on any atom is 0.323 e. The van der Waals surface area contributed by atoms with Crippen LogP contribution in [0.2, 0.25) is 0 Å². The number of fused-ring (bicyclic) bond motifs is 6. The number of nitrogens with zero attached hydrogens (tertiary/aromatic N) is 4. The molecular weight excluding hydrogens is 799 g/mol. The molecule has 2 saturated heterocycles. The van der Waals surface area contributed by atoms with Crippen molar-refractivity contribution in [2.75, 3.05) is 72.4 Å². The van der Waals surface area contributed by atoms with Gasteiger partial charge in [0.2, 0.25) is 5.91 Å². The third-order valence-corrected chi connectivity index (χ3v) is 15.1. The number of ether oxygens (including phenoxy) is 3. The number of aryl methyl sites for hydroxylation is 2. The lowest BCUT2D eigenvalue weighted by Gasteiger charge is -2.39. The van der Waals surface area contributed by atoms with Gasteiger partial charge in [-0.3, -0.25) is 19.2 Å². The smallest absolute Gasteiger partial charge is 0.323 e. The van der Waals surface area contributed by atoms with Crippen LogP contribution in [0.1, 0.15) is 95.6 Å². The van der Waals surface area contributed by atoms with Gasteiger partial charge >= 0.3 is 5.97 Å². The zero-order chi connectivity index (χ0) is 44.2. The fourth-order valence-corrected chi connectivity index (χ4v) is 11.5. The van der Waals surface area contributed by atoms with Crippen molar-refractivity contribution in [1.82, 2.24) is 24.3 Å². The predicted octanol–water partition coefficient (Wildman–Crippen LogP) is 6.19. The van der Waals surface area contributed by atoms with Crippen LogP contribution < -0.4 is 5.32 Å². The van der Waals surface area contributed by atoms with E-state index in [0.717, 1.165) is 101 Å². The average Bonchev–Trinajstić information content (AvgIpc) is 3.75. The molecule has 4 aromatic rings. The summed E-state index contributed by atoms with van der Waals surface area (Å²) in [6.07, 6.45) is 10.3. The summed E-state index contributed by atoms with van der Waals surface area (Å²) in [5.74, 6) is 1.10. The lowest BCUT2D eigenvalue weighted by atomic mass is 9.68. The Kier molecular flexibility index (Phi) is 14.2. The topological polar surface area (TPSA) is 145 Å². The van der Waals surface area contributed by atoms with E-state index in [-0.39, 0.29) is 30.8 Å². The molecule has 0 bridgehead atoms. The minimum Gasteiger partial charge on any atom is -0.480 e. The van der Waals surface area contributed by atoms with Gasteiger partial charge in [0.15, 0.2) is 0 Å². The summed E-state index contributed by atoms with van der Waals surface area (Å²) in [7, 11) is 4.24. The Balaban J connectivity index is 0.854. The number of aromatic nitrogens is 2. The number of carbonyl (C=O) groups excluding carboxylic acids is 3. The van der Waals surface area contributed by atoms with Gasteiger partial charge in [-0.2, -0.15) is 0 Å². The maximum absolute atomic E-state index is 13.9. The molecule has 2 aromatic heterocycles. The van der Waals surface area contributed by atoms with Crippen molar-refractivity contribution in [2.24, 2.45) is 43.7 Å². The third kappa shape index (κ3) is 9.56. The van der Waals surface area contributed by atoms with E-state index < -0.39 is 5.97 Å². The molecule has 3 atom stereocenters. The second kappa shape index (κ2) is 20.0. The van der Waals surface area contributed by atoms with Gasteiger partial charge in [0.05, 0.1) is 13.2 Å². The van der Waals surface area contributed by atoms with Crippen LogP contribution in [-0.4, -0.2) is 120 Å². The Bertz CT molecular complexity index is 2300. The summed E-state index contributed by atoms with van der Waals surface area (Å²) >= 11 is 0. The number of rotatable bonds is 16. The number of amides is 3. The molecule has 2 fully saturated rings. The fraction of sp³-hybridized carbons (Fsp3) is 0.600. The van der Waals surface area contributed by atoms with Gasteiger partial charge in [0, 0.05) is 111 Å². The largest absolute Gasteiger partial charge is 0.480 e. The summed E-state index contributed by atoms with van der Waals surface area (Å²) in [6, 6.07) is 11.8. The van der Waals surface area contributed by atoms with Crippen molar-refractivity contribution < 1.29 is 38.5 Å². The molecule has 2 aromatic carbocycles. The number of aliphatic carboxylic acids is 1. The Labute approximate surface area is 371 Å². The van der Waals surface area contributed by atoms with Crippen molar-refractivity contribution in [2.45, 2.75) is 78.1 Å². The van der Waals surface area contributed by atoms with E-state index in [2.05, 4.69) is 40.7 Å². The van der Waals surface area contributed by atoms with Crippen LogP contribution in [-0.2, 0) is 63.6 Å². The van der Waals surface area contributed by atoms with E-state index in [1.165, 1.54) is 39.2 Å². The van der Waals surface area contributed by atoms with Crippen LogP contribution in [0.15, 0.2) is 36.4 Å². The molecule has 8 rings (SSSR count). The summed E-state index contributed by atoms with van der Waals surface area (Å²) in [4.78, 5) is 54.8. The Morgan fingerprint density at radius 1 is 0.714 bits per heavy atom. The number of nitrogens with one attached hydrogen (secondary N) is 1.